The van der Waals surface area contributed by atoms with Crippen LogP contribution in [-0.4, -0.2) is 39.9 Å². The third kappa shape index (κ3) is 6.08. The first kappa shape index (κ1) is 21.4. The third-order valence-electron chi connectivity index (χ3n) is 4.14. The molecule has 156 valence electrons. The van der Waals surface area contributed by atoms with E-state index in [9.17, 15) is 9.59 Å². The predicted molar refractivity (Wildman–Crippen MR) is 114 cm³/mol. The van der Waals surface area contributed by atoms with Crippen LogP contribution in [0.25, 0.3) is 0 Å². The Morgan fingerprint density at radius 3 is 2.50 bits per heavy atom. The first-order valence-electron chi connectivity index (χ1n) is 9.31. The number of aryl methyl sites for hydroxylation is 1. The van der Waals surface area contributed by atoms with Crippen molar-refractivity contribution < 1.29 is 19.1 Å². The van der Waals surface area contributed by atoms with Crippen molar-refractivity contribution in [1.82, 2.24) is 15.2 Å². The first-order valence-corrected chi connectivity index (χ1v) is 10.3. The summed E-state index contributed by atoms with van der Waals surface area (Å²) in [4.78, 5) is 27.9. The molecule has 1 amide bonds. The Morgan fingerprint density at radius 2 is 1.83 bits per heavy atom. The van der Waals surface area contributed by atoms with Gasteiger partial charge in [0.2, 0.25) is 11.1 Å². The molecule has 2 N–H and O–H groups in total. The number of hydrogen-bond donors (Lipinski definition) is 2. The number of thioether (sulfide) groups is 1. The molecule has 0 aliphatic rings. The van der Waals surface area contributed by atoms with E-state index < -0.39 is 5.97 Å². The number of anilines is 1. The van der Waals surface area contributed by atoms with Crippen LogP contribution in [0, 0.1) is 0 Å². The van der Waals surface area contributed by atoms with Crippen molar-refractivity contribution in [3.8, 4) is 5.75 Å². The van der Waals surface area contributed by atoms with Crippen molar-refractivity contribution in [3.63, 3.8) is 0 Å². The van der Waals surface area contributed by atoms with Gasteiger partial charge in [-0.15, -0.1) is 5.10 Å². The number of rotatable bonds is 9. The smallest absolute Gasteiger partial charge is 0.337 e. The molecule has 3 rings (SSSR count). The van der Waals surface area contributed by atoms with Crippen LogP contribution < -0.4 is 10.1 Å². The van der Waals surface area contributed by atoms with Crippen LogP contribution in [-0.2, 0) is 22.6 Å². The van der Waals surface area contributed by atoms with Gasteiger partial charge in [-0.1, -0.05) is 30.8 Å². The number of carbonyl (C=O) groups is 2. The predicted octanol–water partition coefficient (Wildman–Crippen LogP) is 3.46. The second-order valence-corrected chi connectivity index (χ2v) is 7.20. The molecule has 1 aromatic heterocycles. The lowest BCUT2D eigenvalue weighted by atomic mass is 10.2. The van der Waals surface area contributed by atoms with Gasteiger partial charge in [0.05, 0.1) is 18.4 Å². The number of H-pyrrole nitrogens is 1. The van der Waals surface area contributed by atoms with Crippen LogP contribution in [0.5, 0.6) is 5.75 Å². The molecule has 2 aromatic carbocycles. The van der Waals surface area contributed by atoms with E-state index >= 15 is 0 Å². The maximum absolute atomic E-state index is 12.1. The highest BCUT2D eigenvalue weighted by atomic mass is 32.2. The van der Waals surface area contributed by atoms with Gasteiger partial charge in [0.25, 0.3) is 0 Å². The summed E-state index contributed by atoms with van der Waals surface area (Å²) in [6, 6.07) is 14.4. The van der Waals surface area contributed by atoms with Crippen LogP contribution in [0.15, 0.2) is 53.7 Å². The minimum Gasteiger partial charge on any atom is -0.486 e. The van der Waals surface area contributed by atoms with Crippen LogP contribution in [0.2, 0.25) is 0 Å². The van der Waals surface area contributed by atoms with E-state index in [1.807, 2.05) is 24.3 Å². The van der Waals surface area contributed by atoms with E-state index in [-0.39, 0.29) is 18.3 Å². The monoisotopic (exact) mass is 426 g/mol. The minimum atomic E-state index is -0.425. The van der Waals surface area contributed by atoms with Crippen molar-refractivity contribution >= 4 is 29.3 Å². The summed E-state index contributed by atoms with van der Waals surface area (Å²) >= 11 is 1.21. The van der Waals surface area contributed by atoms with Gasteiger partial charge in [-0.3, -0.25) is 9.89 Å². The molecule has 0 unspecified atom stereocenters. The lowest BCUT2D eigenvalue weighted by Crippen LogP contribution is -2.14. The van der Waals surface area contributed by atoms with E-state index in [1.165, 1.54) is 24.4 Å². The SMILES string of the molecule is CCc1ccc(OCc2nc(SCC(=O)Nc3ccc(C(=O)OC)cc3)n[nH]2)cc1. The molecule has 9 heteroatoms. The average molecular weight is 426 g/mol. The Morgan fingerprint density at radius 1 is 1.10 bits per heavy atom. The molecular formula is C21H22N4O4S. The number of nitrogens with zero attached hydrogens (tertiary/aromatic N) is 2. The number of methoxy groups -OCH3 is 1. The lowest BCUT2D eigenvalue weighted by Gasteiger charge is -2.05. The van der Waals surface area contributed by atoms with Crippen molar-refractivity contribution in [2.75, 3.05) is 18.2 Å². The summed E-state index contributed by atoms with van der Waals surface area (Å²) in [5.41, 5.74) is 2.26. The molecule has 0 bridgehead atoms. The summed E-state index contributed by atoms with van der Waals surface area (Å²) < 4.78 is 10.3. The average Bonchev–Trinajstić information content (AvgIpc) is 3.24. The normalized spacial score (nSPS) is 10.5. The van der Waals surface area contributed by atoms with Gasteiger partial charge in [-0.05, 0) is 48.4 Å². The summed E-state index contributed by atoms with van der Waals surface area (Å²) in [6.07, 6.45) is 0.981. The Balaban J connectivity index is 1.44. The Kier molecular flexibility index (Phi) is 7.45. The Bertz CT molecular complexity index is 987. The number of esters is 1. The van der Waals surface area contributed by atoms with Gasteiger partial charge in [0.1, 0.15) is 12.4 Å². The largest absolute Gasteiger partial charge is 0.486 e. The van der Waals surface area contributed by atoms with Gasteiger partial charge in [0, 0.05) is 5.69 Å². The molecule has 0 radical (unpaired) electrons. The molecule has 0 atom stereocenters. The number of benzene rings is 2. The molecule has 0 aliphatic heterocycles. The maximum atomic E-state index is 12.1. The number of ether oxygens (including phenoxy) is 2. The van der Waals surface area contributed by atoms with E-state index in [2.05, 4.69) is 32.2 Å². The van der Waals surface area contributed by atoms with Gasteiger partial charge in [-0.2, -0.15) is 0 Å². The van der Waals surface area contributed by atoms with E-state index in [0.29, 0.717) is 22.2 Å². The summed E-state index contributed by atoms with van der Waals surface area (Å²) in [5.74, 6) is 0.858. The molecular weight excluding hydrogens is 404 g/mol. The molecule has 0 fully saturated rings. The van der Waals surface area contributed by atoms with Crippen LogP contribution in [0.3, 0.4) is 0 Å². The molecule has 0 saturated carbocycles. The fourth-order valence-electron chi connectivity index (χ4n) is 2.51. The van der Waals surface area contributed by atoms with E-state index in [0.717, 1.165) is 12.2 Å². The van der Waals surface area contributed by atoms with Gasteiger partial charge in [-0.25, -0.2) is 9.78 Å². The molecule has 0 saturated heterocycles. The number of nitrogens with one attached hydrogen (secondary N) is 2. The highest BCUT2D eigenvalue weighted by Gasteiger charge is 2.10. The Labute approximate surface area is 178 Å². The molecule has 3 aromatic rings. The van der Waals surface area contributed by atoms with Gasteiger partial charge < -0.3 is 14.8 Å². The maximum Gasteiger partial charge on any atom is 0.337 e. The second-order valence-electron chi connectivity index (χ2n) is 6.26. The highest BCUT2D eigenvalue weighted by Crippen LogP contribution is 2.17. The van der Waals surface area contributed by atoms with E-state index in [1.54, 1.807) is 24.3 Å². The second kappa shape index (κ2) is 10.4. The van der Waals surface area contributed by atoms with Crippen LogP contribution in [0.4, 0.5) is 5.69 Å². The van der Waals surface area contributed by atoms with Crippen LogP contribution >= 0.6 is 11.8 Å². The standard InChI is InChI=1S/C21H22N4O4S/c1-3-14-4-10-17(11-5-14)29-12-18-23-21(25-24-18)30-13-19(26)22-16-8-6-15(7-9-16)20(27)28-2/h4-11H,3,12-13H2,1-2H3,(H,22,26)(H,23,24,25). The molecule has 1 heterocycles. The number of aromatic nitrogens is 3. The van der Waals surface area contributed by atoms with Gasteiger partial charge >= 0.3 is 5.97 Å². The molecule has 0 aliphatic carbocycles. The van der Waals surface area contributed by atoms with Crippen molar-refractivity contribution in [3.05, 3.63) is 65.5 Å². The van der Waals surface area contributed by atoms with Crippen molar-refractivity contribution in [2.45, 2.75) is 25.1 Å². The highest BCUT2D eigenvalue weighted by molar-refractivity contribution is 7.99. The number of carbonyl (C=O) groups excluding carboxylic acids is 2. The minimum absolute atomic E-state index is 0.148. The number of hydrogen-bond acceptors (Lipinski definition) is 7. The molecule has 8 nitrogen and oxygen atoms in total. The zero-order valence-corrected chi connectivity index (χ0v) is 17.5. The van der Waals surface area contributed by atoms with Crippen molar-refractivity contribution in [2.24, 2.45) is 0 Å². The van der Waals surface area contributed by atoms with Gasteiger partial charge in [0.15, 0.2) is 5.82 Å². The number of amides is 1. The van der Waals surface area contributed by atoms with Crippen molar-refractivity contribution in [1.29, 1.82) is 0 Å². The molecule has 0 spiro atoms. The zero-order valence-electron chi connectivity index (χ0n) is 16.7. The topological polar surface area (TPSA) is 106 Å². The van der Waals surface area contributed by atoms with E-state index in [4.69, 9.17) is 4.74 Å². The fourth-order valence-corrected chi connectivity index (χ4v) is 3.13. The summed E-state index contributed by atoms with van der Waals surface area (Å²) in [5, 5.41) is 10.1. The summed E-state index contributed by atoms with van der Waals surface area (Å²) in [6.45, 7) is 2.36. The fraction of sp³-hybridized carbons (Fsp3) is 0.238. The quantitative estimate of drug-likeness (QED) is 0.399. The summed E-state index contributed by atoms with van der Waals surface area (Å²) in [7, 11) is 1.32. The number of aromatic amines is 1. The lowest BCUT2D eigenvalue weighted by molar-refractivity contribution is -0.113. The third-order valence-corrected chi connectivity index (χ3v) is 4.99. The Hall–Kier alpha value is -3.33. The van der Waals surface area contributed by atoms with Crippen LogP contribution in [0.1, 0.15) is 28.7 Å². The zero-order chi connectivity index (χ0) is 21.3. The first-order chi connectivity index (χ1) is 14.6. The molecule has 30 heavy (non-hydrogen) atoms.